The molecule has 0 radical (unpaired) electrons. The summed E-state index contributed by atoms with van der Waals surface area (Å²) in [6, 6.07) is 0.704. The molecule has 2 nitrogen and oxygen atoms in total. The van der Waals surface area contributed by atoms with E-state index < -0.39 is 0 Å². The molecule has 1 N–H and O–H groups in total. The second-order valence-corrected chi connectivity index (χ2v) is 2.65. The van der Waals surface area contributed by atoms with Crippen molar-refractivity contribution < 1.29 is 4.74 Å². The van der Waals surface area contributed by atoms with E-state index >= 15 is 0 Å². The number of rotatable bonds is 0. The Morgan fingerprint density at radius 1 is 1.38 bits per heavy atom. The molecule has 0 aromatic heterocycles. The van der Waals surface area contributed by atoms with Crippen LogP contribution in [0.3, 0.4) is 0 Å². The molecule has 0 saturated carbocycles. The van der Waals surface area contributed by atoms with Gasteiger partial charge in [0, 0.05) is 12.0 Å². The van der Waals surface area contributed by atoms with Crippen LogP contribution < -0.4 is 5.32 Å². The van der Waals surface area contributed by atoms with Crippen LogP contribution in [0.1, 0.15) is 6.42 Å². The zero-order valence-corrected chi connectivity index (χ0v) is 4.89. The molecule has 2 rings (SSSR count). The molecule has 46 valence electrons. The van der Waals surface area contributed by atoms with Gasteiger partial charge in [-0.05, 0) is 13.0 Å². The van der Waals surface area contributed by atoms with Crippen molar-refractivity contribution in [3.8, 4) is 0 Å². The summed E-state index contributed by atoms with van der Waals surface area (Å²) in [5, 5.41) is 3.39. The fraction of sp³-hybridized carbons (Fsp3) is 1.00. The number of hydrogen-bond donors (Lipinski definition) is 1. The molecule has 0 aromatic carbocycles. The Morgan fingerprint density at radius 3 is 3.25 bits per heavy atom. The predicted octanol–water partition coefficient (Wildman–Crippen LogP) is -0.00530. The first-order valence-corrected chi connectivity index (χ1v) is 3.28. The summed E-state index contributed by atoms with van der Waals surface area (Å²) in [4.78, 5) is 0. The smallest absolute Gasteiger partial charge is 0.0623 e. The van der Waals surface area contributed by atoms with Crippen LogP contribution in [-0.2, 0) is 4.74 Å². The summed E-state index contributed by atoms with van der Waals surface area (Å²) in [6.45, 7) is 3.15. The largest absolute Gasteiger partial charge is 0.379 e. The summed E-state index contributed by atoms with van der Waals surface area (Å²) < 4.78 is 5.25. The van der Waals surface area contributed by atoms with Gasteiger partial charge < -0.3 is 10.1 Å². The molecule has 0 unspecified atom stereocenters. The van der Waals surface area contributed by atoms with Crippen LogP contribution in [0.5, 0.6) is 0 Å². The molecule has 2 fully saturated rings. The third-order valence-electron chi connectivity index (χ3n) is 2.12. The van der Waals surface area contributed by atoms with E-state index in [0.717, 1.165) is 19.1 Å². The van der Waals surface area contributed by atoms with Gasteiger partial charge in [-0.25, -0.2) is 0 Å². The van der Waals surface area contributed by atoms with Crippen LogP contribution in [0.15, 0.2) is 0 Å². The summed E-state index contributed by atoms with van der Waals surface area (Å²) in [5.74, 6) is 0.843. The fourth-order valence-electron chi connectivity index (χ4n) is 1.56. The molecule has 0 aromatic rings. The molecular weight excluding hydrogens is 102 g/mol. The van der Waals surface area contributed by atoms with Gasteiger partial charge in [0.2, 0.25) is 0 Å². The van der Waals surface area contributed by atoms with E-state index in [1.54, 1.807) is 0 Å². The normalized spacial score (nSPS) is 45.0. The lowest BCUT2D eigenvalue weighted by Gasteiger charge is -2.02. The van der Waals surface area contributed by atoms with Gasteiger partial charge in [0.1, 0.15) is 0 Å². The Balaban J connectivity index is 2.04. The molecule has 0 bridgehead atoms. The van der Waals surface area contributed by atoms with Gasteiger partial charge in [0.15, 0.2) is 0 Å². The van der Waals surface area contributed by atoms with Crippen molar-refractivity contribution in [3.63, 3.8) is 0 Å². The van der Waals surface area contributed by atoms with Crippen molar-refractivity contribution in [3.05, 3.63) is 0 Å². The number of nitrogens with one attached hydrogen (secondary N) is 1. The average molecular weight is 113 g/mol. The van der Waals surface area contributed by atoms with E-state index in [2.05, 4.69) is 5.32 Å². The summed E-state index contributed by atoms with van der Waals surface area (Å²) >= 11 is 0. The van der Waals surface area contributed by atoms with Crippen LogP contribution in [-0.4, -0.2) is 25.8 Å². The Labute approximate surface area is 49.2 Å². The van der Waals surface area contributed by atoms with E-state index in [4.69, 9.17) is 4.74 Å². The molecule has 0 spiro atoms. The van der Waals surface area contributed by atoms with Crippen LogP contribution >= 0.6 is 0 Å². The molecule has 0 aliphatic carbocycles. The SMILES string of the molecule is C1C[C@H]2COC[C@@H]2N1. The second-order valence-electron chi connectivity index (χ2n) is 2.65. The Hall–Kier alpha value is -0.0800. The highest BCUT2D eigenvalue weighted by Gasteiger charge is 2.31. The van der Waals surface area contributed by atoms with Gasteiger partial charge in [-0.1, -0.05) is 0 Å². The lowest BCUT2D eigenvalue weighted by atomic mass is 10.1. The van der Waals surface area contributed by atoms with Gasteiger partial charge in [-0.2, -0.15) is 0 Å². The van der Waals surface area contributed by atoms with E-state index in [1.165, 1.54) is 13.0 Å². The van der Waals surface area contributed by atoms with Crippen LogP contribution in [0, 0.1) is 5.92 Å². The van der Waals surface area contributed by atoms with E-state index in [-0.39, 0.29) is 0 Å². The average Bonchev–Trinajstić information content (AvgIpc) is 2.15. The third-order valence-corrected chi connectivity index (χ3v) is 2.12. The first-order valence-electron chi connectivity index (χ1n) is 3.28. The minimum atomic E-state index is 0.704. The molecule has 2 saturated heterocycles. The minimum absolute atomic E-state index is 0.704. The maximum absolute atomic E-state index is 5.25. The number of fused-ring (bicyclic) bond motifs is 1. The molecule has 2 aliphatic rings. The van der Waals surface area contributed by atoms with E-state index in [0.29, 0.717) is 6.04 Å². The van der Waals surface area contributed by atoms with Crippen molar-refractivity contribution >= 4 is 0 Å². The maximum atomic E-state index is 5.25. The number of ether oxygens (including phenoxy) is 1. The molecule has 2 aliphatic heterocycles. The van der Waals surface area contributed by atoms with Gasteiger partial charge in [-0.15, -0.1) is 0 Å². The summed E-state index contributed by atoms with van der Waals surface area (Å²) in [5.41, 5.74) is 0. The van der Waals surface area contributed by atoms with Gasteiger partial charge >= 0.3 is 0 Å². The zero-order valence-electron chi connectivity index (χ0n) is 4.89. The monoisotopic (exact) mass is 113 g/mol. The molecule has 0 amide bonds. The summed E-state index contributed by atoms with van der Waals surface area (Å²) in [7, 11) is 0. The Bertz CT molecular complexity index is 74.5. The van der Waals surface area contributed by atoms with Gasteiger partial charge in [0.25, 0.3) is 0 Å². The first-order chi connectivity index (χ1) is 3.97. The lowest BCUT2D eigenvalue weighted by Crippen LogP contribution is -2.25. The fourth-order valence-corrected chi connectivity index (χ4v) is 1.56. The Kier molecular flexibility index (Phi) is 1.02. The lowest BCUT2D eigenvalue weighted by molar-refractivity contribution is 0.177. The highest BCUT2D eigenvalue weighted by molar-refractivity contribution is 4.86. The molecule has 2 heteroatoms. The van der Waals surface area contributed by atoms with Gasteiger partial charge in [0.05, 0.1) is 13.2 Å². The van der Waals surface area contributed by atoms with Crippen molar-refractivity contribution in [2.45, 2.75) is 12.5 Å². The van der Waals surface area contributed by atoms with Crippen molar-refractivity contribution in [1.82, 2.24) is 5.32 Å². The third kappa shape index (κ3) is 0.565. The molecule has 2 atom stereocenters. The van der Waals surface area contributed by atoms with Crippen LogP contribution in [0.25, 0.3) is 0 Å². The molecule has 2 heterocycles. The van der Waals surface area contributed by atoms with Crippen molar-refractivity contribution in [2.75, 3.05) is 19.8 Å². The molecule has 8 heavy (non-hydrogen) atoms. The predicted molar refractivity (Wildman–Crippen MR) is 30.7 cm³/mol. The quantitative estimate of drug-likeness (QED) is 0.477. The number of hydrogen-bond acceptors (Lipinski definition) is 2. The minimum Gasteiger partial charge on any atom is -0.379 e. The maximum Gasteiger partial charge on any atom is 0.0623 e. The topological polar surface area (TPSA) is 21.3 Å². The van der Waals surface area contributed by atoms with Crippen molar-refractivity contribution in [2.24, 2.45) is 5.92 Å². The van der Waals surface area contributed by atoms with Gasteiger partial charge in [-0.3, -0.25) is 0 Å². The zero-order chi connectivity index (χ0) is 5.40. The second kappa shape index (κ2) is 1.71. The summed E-state index contributed by atoms with van der Waals surface area (Å²) in [6.07, 6.45) is 1.32. The van der Waals surface area contributed by atoms with E-state index in [9.17, 15) is 0 Å². The van der Waals surface area contributed by atoms with Crippen molar-refractivity contribution in [1.29, 1.82) is 0 Å². The first kappa shape index (κ1) is 4.77. The standard InChI is InChI=1S/C6H11NO/c1-2-7-6-4-8-3-5(1)6/h5-7H,1-4H2/t5-,6-/m0/s1. The van der Waals surface area contributed by atoms with E-state index in [1.807, 2.05) is 0 Å². The molecular formula is C6H11NO. The van der Waals surface area contributed by atoms with Crippen LogP contribution in [0.4, 0.5) is 0 Å². The van der Waals surface area contributed by atoms with Crippen LogP contribution in [0.2, 0.25) is 0 Å². The Morgan fingerprint density at radius 2 is 2.38 bits per heavy atom. The highest BCUT2D eigenvalue weighted by Crippen LogP contribution is 2.21. The highest BCUT2D eigenvalue weighted by atomic mass is 16.5.